The molecule has 2 nitrogen and oxygen atoms in total. The molecule has 1 aliphatic rings. The molecule has 0 spiro atoms. The summed E-state index contributed by atoms with van der Waals surface area (Å²) in [7, 11) is 0. The number of piperidine rings is 1. The molecule has 4 rings (SSSR count). The van der Waals surface area contributed by atoms with Gasteiger partial charge in [0.2, 0.25) is 0 Å². The van der Waals surface area contributed by atoms with Crippen molar-refractivity contribution in [3.8, 4) is 0 Å². The van der Waals surface area contributed by atoms with Gasteiger partial charge in [0.05, 0.1) is 0 Å². The first-order chi connectivity index (χ1) is 11.9. The zero-order valence-electron chi connectivity index (χ0n) is 14.1. The molecule has 0 amide bonds. The van der Waals surface area contributed by atoms with Crippen LogP contribution in [-0.2, 0) is 12.8 Å². The van der Waals surface area contributed by atoms with E-state index in [1.807, 2.05) is 6.20 Å². The summed E-state index contributed by atoms with van der Waals surface area (Å²) in [5.41, 5.74) is 3.96. The third-order valence-electron chi connectivity index (χ3n) is 5.05. The minimum atomic E-state index is 0.996. The van der Waals surface area contributed by atoms with Crippen molar-refractivity contribution in [1.29, 1.82) is 0 Å². The molecule has 3 aromatic rings. The van der Waals surface area contributed by atoms with Crippen LogP contribution in [0.1, 0.15) is 30.5 Å². The van der Waals surface area contributed by atoms with Crippen molar-refractivity contribution in [2.75, 3.05) is 18.0 Å². The minimum absolute atomic E-state index is 0.996. The van der Waals surface area contributed by atoms with Gasteiger partial charge in [0.1, 0.15) is 0 Å². The van der Waals surface area contributed by atoms with Gasteiger partial charge in [0, 0.05) is 30.7 Å². The van der Waals surface area contributed by atoms with Crippen LogP contribution in [0, 0.1) is 0 Å². The van der Waals surface area contributed by atoms with Crippen LogP contribution < -0.4 is 4.90 Å². The molecule has 2 aromatic carbocycles. The highest BCUT2D eigenvalue weighted by atomic mass is 15.1. The summed E-state index contributed by atoms with van der Waals surface area (Å²) in [6, 6.07) is 19.7. The van der Waals surface area contributed by atoms with Crippen molar-refractivity contribution in [3.63, 3.8) is 0 Å². The number of rotatable bonds is 4. The lowest BCUT2D eigenvalue weighted by Crippen LogP contribution is -2.29. The van der Waals surface area contributed by atoms with Crippen molar-refractivity contribution in [1.82, 2.24) is 4.98 Å². The maximum atomic E-state index is 4.60. The smallest absolute Gasteiger partial charge is 0.0427 e. The Labute approximate surface area is 144 Å². The second kappa shape index (κ2) is 7.04. The van der Waals surface area contributed by atoms with Crippen molar-refractivity contribution in [2.45, 2.75) is 32.1 Å². The second-order valence-electron chi connectivity index (χ2n) is 6.69. The molecule has 0 radical (unpaired) electrons. The minimum Gasteiger partial charge on any atom is -0.371 e. The van der Waals surface area contributed by atoms with E-state index in [1.165, 1.54) is 60.1 Å². The standard InChI is InChI=1S/C22H24N2/c1-4-15-24(16-5-1)21-13-14-23-20(17-21)12-11-19-9-6-8-18-7-2-3-10-22(18)19/h2-3,6-10,13-14,17H,1,4-5,11-12,15-16H2. The topological polar surface area (TPSA) is 16.1 Å². The number of hydrogen-bond acceptors (Lipinski definition) is 2. The Morgan fingerprint density at radius 3 is 2.58 bits per heavy atom. The van der Waals surface area contributed by atoms with E-state index in [9.17, 15) is 0 Å². The predicted molar refractivity (Wildman–Crippen MR) is 102 cm³/mol. The molecule has 0 atom stereocenters. The Balaban J connectivity index is 1.51. The maximum absolute atomic E-state index is 4.60. The van der Waals surface area contributed by atoms with Gasteiger partial charge in [-0.3, -0.25) is 4.98 Å². The van der Waals surface area contributed by atoms with Gasteiger partial charge in [-0.25, -0.2) is 0 Å². The quantitative estimate of drug-likeness (QED) is 0.672. The second-order valence-corrected chi connectivity index (χ2v) is 6.69. The van der Waals surface area contributed by atoms with Crippen LogP contribution in [0.5, 0.6) is 0 Å². The summed E-state index contributed by atoms with van der Waals surface area (Å²) in [6.45, 7) is 2.37. The number of hydrogen-bond donors (Lipinski definition) is 0. The molecule has 1 aliphatic heterocycles. The van der Waals surface area contributed by atoms with Gasteiger partial charge >= 0.3 is 0 Å². The zero-order valence-corrected chi connectivity index (χ0v) is 14.1. The maximum Gasteiger partial charge on any atom is 0.0427 e. The molecule has 0 N–H and O–H groups in total. The highest BCUT2D eigenvalue weighted by Crippen LogP contribution is 2.22. The normalized spacial score (nSPS) is 14.9. The number of fused-ring (bicyclic) bond motifs is 1. The Bertz CT molecular complexity index is 814. The molecule has 1 fully saturated rings. The molecule has 1 saturated heterocycles. The summed E-state index contributed by atoms with van der Waals surface area (Å²) in [5, 5.41) is 2.69. The highest BCUT2D eigenvalue weighted by molar-refractivity contribution is 5.85. The van der Waals surface area contributed by atoms with E-state index < -0.39 is 0 Å². The van der Waals surface area contributed by atoms with Crippen LogP contribution in [0.4, 0.5) is 5.69 Å². The highest BCUT2D eigenvalue weighted by Gasteiger charge is 2.11. The van der Waals surface area contributed by atoms with Crippen LogP contribution in [0.15, 0.2) is 60.8 Å². The van der Waals surface area contributed by atoms with Crippen LogP contribution in [0.3, 0.4) is 0 Å². The molecule has 1 aromatic heterocycles. The molecule has 0 saturated carbocycles. The molecule has 2 heterocycles. The van der Waals surface area contributed by atoms with Gasteiger partial charge in [-0.15, -0.1) is 0 Å². The summed E-state index contributed by atoms with van der Waals surface area (Å²) in [6.07, 6.45) is 8.01. The molecular weight excluding hydrogens is 292 g/mol. The fraction of sp³-hybridized carbons (Fsp3) is 0.318. The summed E-state index contributed by atoms with van der Waals surface area (Å²) in [5.74, 6) is 0. The molecule has 2 heteroatoms. The summed E-state index contributed by atoms with van der Waals surface area (Å²) in [4.78, 5) is 7.11. The first-order valence-electron chi connectivity index (χ1n) is 9.07. The lowest BCUT2D eigenvalue weighted by Gasteiger charge is -2.28. The van der Waals surface area contributed by atoms with Gasteiger partial charge in [-0.1, -0.05) is 42.5 Å². The van der Waals surface area contributed by atoms with Crippen molar-refractivity contribution >= 4 is 16.5 Å². The number of aryl methyl sites for hydroxylation is 2. The van der Waals surface area contributed by atoms with E-state index >= 15 is 0 Å². The summed E-state index contributed by atoms with van der Waals surface area (Å²) < 4.78 is 0. The van der Waals surface area contributed by atoms with E-state index in [-0.39, 0.29) is 0 Å². The third-order valence-corrected chi connectivity index (χ3v) is 5.05. The SMILES string of the molecule is c1ccc2c(CCc3cc(N4CCCCC4)ccn3)cccc2c1. The summed E-state index contributed by atoms with van der Waals surface area (Å²) >= 11 is 0. The van der Waals surface area contributed by atoms with Crippen LogP contribution >= 0.6 is 0 Å². The first kappa shape index (κ1) is 15.2. The fourth-order valence-electron chi connectivity index (χ4n) is 3.72. The van der Waals surface area contributed by atoms with E-state index in [0.29, 0.717) is 0 Å². The van der Waals surface area contributed by atoms with Gasteiger partial charge in [-0.2, -0.15) is 0 Å². The van der Waals surface area contributed by atoms with Crippen molar-refractivity contribution < 1.29 is 0 Å². The van der Waals surface area contributed by atoms with Crippen LogP contribution in [-0.4, -0.2) is 18.1 Å². The van der Waals surface area contributed by atoms with E-state index in [0.717, 1.165) is 12.8 Å². The Kier molecular flexibility index (Phi) is 4.46. The fourth-order valence-corrected chi connectivity index (χ4v) is 3.72. The third kappa shape index (κ3) is 3.28. The molecule has 0 bridgehead atoms. The van der Waals surface area contributed by atoms with Crippen LogP contribution in [0.2, 0.25) is 0 Å². The van der Waals surface area contributed by atoms with E-state index in [1.54, 1.807) is 0 Å². The van der Waals surface area contributed by atoms with E-state index in [2.05, 4.69) is 64.5 Å². The number of aromatic nitrogens is 1. The van der Waals surface area contributed by atoms with Crippen molar-refractivity contribution in [3.05, 3.63) is 72.1 Å². The molecule has 0 unspecified atom stereocenters. The lowest BCUT2D eigenvalue weighted by molar-refractivity contribution is 0.577. The van der Waals surface area contributed by atoms with Gasteiger partial charge in [0.15, 0.2) is 0 Å². The Morgan fingerprint density at radius 1 is 0.833 bits per heavy atom. The Hall–Kier alpha value is -2.35. The predicted octanol–water partition coefficient (Wildman–Crippen LogP) is 5.01. The van der Waals surface area contributed by atoms with Crippen molar-refractivity contribution in [2.24, 2.45) is 0 Å². The largest absolute Gasteiger partial charge is 0.371 e. The zero-order chi connectivity index (χ0) is 16.2. The van der Waals surface area contributed by atoms with Crippen LogP contribution in [0.25, 0.3) is 10.8 Å². The molecule has 0 aliphatic carbocycles. The van der Waals surface area contributed by atoms with Gasteiger partial charge < -0.3 is 4.90 Å². The Morgan fingerprint density at radius 2 is 1.67 bits per heavy atom. The monoisotopic (exact) mass is 316 g/mol. The lowest BCUT2D eigenvalue weighted by atomic mass is 10.00. The first-order valence-corrected chi connectivity index (χ1v) is 9.07. The number of pyridine rings is 1. The number of benzene rings is 2. The molecule has 122 valence electrons. The van der Waals surface area contributed by atoms with Gasteiger partial charge in [-0.05, 0) is 60.6 Å². The molecular formula is C22H24N2. The average molecular weight is 316 g/mol. The molecule has 24 heavy (non-hydrogen) atoms. The average Bonchev–Trinajstić information content (AvgIpc) is 2.67. The number of nitrogens with zero attached hydrogens (tertiary/aromatic N) is 2. The van der Waals surface area contributed by atoms with E-state index in [4.69, 9.17) is 0 Å². The van der Waals surface area contributed by atoms with Gasteiger partial charge in [0.25, 0.3) is 0 Å². The number of anilines is 1.